The van der Waals surface area contributed by atoms with Gasteiger partial charge in [-0.2, -0.15) is 9.78 Å². The molecule has 2 aromatic heterocycles. The molecule has 1 aromatic carbocycles. The lowest BCUT2D eigenvalue weighted by molar-refractivity contribution is 0.0946. The second-order valence-electron chi connectivity index (χ2n) is 4.63. The molecule has 0 saturated heterocycles. The molecule has 1 amide bonds. The monoisotopic (exact) mass is 438 g/mol. The minimum atomic E-state index is -0.512. The second-order valence-corrected chi connectivity index (χ2v) is 5.79. The number of halogens is 1. The maximum Gasteiger partial charge on any atom is 0.292 e. The number of carbonyl (C=O) groups is 1. The summed E-state index contributed by atoms with van der Waals surface area (Å²) in [5.74, 6) is -0.430. The van der Waals surface area contributed by atoms with Gasteiger partial charge in [0.25, 0.3) is 5.91 Å². The van der Waals surface area contributed by atoms with Crippen molar-refractivity contribution in [2.24, 2.45) is 5.10 Å². The Morgan fingerprint density at radius 2 is 2.21 bits per heavy atom. The fraction of sp³-hybridized carbons (Fsp3) is 0.0769. The summed E-state index contributed by atoms with van der Waals surface area (Å²) in [4.78, 5) is 12.4. The molecular formula is C13H11IN8O2. The first-order chi connectivity index (χ1) is 11.6. The first-order valence-electron chi connectivity index (χ1n) is 6.66. The average molecular weight is 438 g/mol. The van der Waals surface area contributed by atoms with Crippen LogP contribution in [0.2, 0.25) is 0 Å². The number of hydrogen-bond donors (Lipinski definition) is 2. The number of nitrogens with one attached hydrogen (secondary N) is 1. The third-order valence-electron chi connectivity index (χ3n) is 3.02. The maximum atomic E-state index is 12.4. The Morgan fingerprint density at radius 3 is 2.92 bits per heavy atom. The quantitative estimate of drug-likeness (QED) is 0.351. The van der Waals surface area contributed by atoms with E-state index in [-0.39, 0.29) is 17.3 Å². The summed E-state index contributed by atoms with van der Waals surface area (Å²) in [5.41, 5.74) is 9.46. The van der Waals surface area contributed by atoms with Crippen LogP contribution in [-0.4, -0.2) is 37.4 Å². The van der Waals surface area contributed by atoms with Crippen molar-refractivity contribution in [1.29, 1.82) is 0 Å². The summed E-state index contributed by atoms with van der Waals surface area (Å²) in [5, 5.41) is 18.7. The molecule has 122 valence electrons. The lowest BCUT2D eigenvalue weighted by Gasteiger charge is -2.02. The molecule has 3 rings (SSSR count). The van der Waals surface area contributed by atoms with Gasteiger partial charge in [0.2, 0.25) is 11.6 Å². The van der Waals surface area contributed by atoms with Gasteiger partial charge in [-0.25, -0.2) is 10.1 Å². The van der Waals surface area contributed by atoms with Crippen molar-refractivity contribution in [1.82, 2.24) is 30.7 Å². The zero-order valence-corrected chi connectivity index (χ0v) is 14.5. The second kappa shape index (κ2) is 6.74. The normalized spacial score (nSPS) is 11.1. The molecule has 0 spiro atoms. The smallest absolute Gasteiger partial charge is 0.292 e. The van der Waals surface area contributed by atoms with E-state index in [0.717, 1.165) is 13.8 Å². The van der Waals surface area contributed by atoms with Crippen LogP contribution in [0.25, 0.3) is 5.82 Å². The predicted octanol–water partition coefficient (Wildman–Crippen LogP) is 0.909. The Morgan fingerprint density at radius 1 is 1.42 bits per heavy atom. The van der Waals surface area contributed by atoms with E-state index < -0.39 is 5.91 Å². The number of hydrogen-bond acceptors (Lipinski definition) is 8. The standard InChI is InChI=1S/C13H11IN8O2/c1-7-10(22(21-17-7)12-11(15)19-24-20-12)13(23)18-16-6-8-4-2-3-5-9(8)14/h2-6H,1H3,(H2,15,19)(H,18,23)/b16-6-. The highest BCUT2D eigenvalue weighted by Gasteiger charge is 2.22. The Kier molecular flexibility index (Phi) is 4.50. The minimum Gasteiger partial charge on any atom is -0.378 e. The summed E-state index contributed by atoms with van der Waals surface area (Å²) in [7, 11) is 0. The van der Waals surface area contributed by atoms with Crippen molar-refractivity contribution >= 4 is 40.5 Å². The number of anilines is 1. The molecule has 10 nitrogen and oxygen atoms in total. The molecule has 0 bridgehead atoms. The predicted molar refractivity (Wildman–Crippen MR) is 92.6 cm³/mol. The fourth-order valence-corrected chi connectivity index (χ4v) is 2.42. The topological polar surface area (TPSA) is 137 Å². The molecule has 0 fully saturated rings. The Balaban J connectivity index is 1.83. The number of hydrazone groups is 1. The average Bonchev–Trinajstić information content (AvgIpc) is 3.14. The van der Waals surface area contributed by atoms with Crippen LogP contribution in [0.4, 0.5) is 5.82 Å². The van der Waals surface area contributed by atoms with E-state index >= 15 is 0 Å². The van der Waals surface area contributed by atoms with Crippen LogP contribution in [-0.2, 0) is 0 Å². The summed E-state index contributed by atoms with van der Waals surface area (Å²) in [6, 6.07) is 7.62. The van der Waals surface area contributed by atoms with Crippen molar-refractivity contribution in [3.05, 3.63) is 44.8 Å². The van der Waals surface area contributed by atoms with Crippen molar-refractivity contribution in [2.45, 2.75) is 6.92 Å². The number of aromatic nitrogens is 5. The summed E-state index contributed by atoms with van der Waals surface area (Å²) >= 11 is 2.18. The van der Waals surface area contributed by atoms with Gasteiger partial charge >= 0.3 is 0 Å². The highest BCUT2D eigenvalue weighted by Crippen LogP contribution is 2.15. The van der Waals surface area contributed by atoms with Gasteiger partial charge in [0.1, 0.15) is 0 Å². The molecule has 24 heavy (non-hydrogen) atoms. The number of aryl methyl sites for hydroxylation is 1. The van der Waals surface area contributed by atoms with Gasteiger partial charge in [0, 0.05) is 9.13 Å². The van der Waals surface area contributed by atoms with Gasteiger partial charge in [-0.15, -0.1) is 5.10 Å². The van der Waals surface area contributed by atoms with E-state index in [1.807, 2.05) is 24.3 Å². The van der Waals surface area contributed by atoms with Crippen molar-refractivity contribution in [2.75, 3.05) is 5.73 Å². The Labute approximate surface area is 149 Å². The first kappa shape index (κ1) is 16.0. The number of nitrogen functional groups attached to an aromatic ring is 1. The Hall–Kier alpha value is -2.83. The molecule has 0 aliphatic carbocycles. The van der Waals surface area contributed by atoms with Gasteiger partial charge in [-0.05, 0) is 45.9 Å². The largest absolute Gasteiger partial charge is 0.378 e. The molecule has 0 atom stereocenters. The molecular weight excluding hydrogens is 427 g/mol. The molecule has 2 heterocycles. The molecule has 0 aliphatic heterocycles. The van der Waals surface area contributed by atoms with Crippen LogP contribution >= 0.6 is 22.6 Å². The first-order valence-corrected chi connectivity index (χ1v) is 7.74. The van der Waals surface area contributed by atoms with Crippen LogP contribution in [0.15, 0.2) is 34.0 Å². The lowest BCUT2D eigenvalue weighted by Crippen LogP contribution is -2.22. The number of benzene rings is 1. The molecule has 0 unspecified atom stereocenters. The molecule has 3 aromatic rings. The summed E-state index contributed by atoms with van der Waals surface area (Å²) < 4.78 is 6.68. The van der Waals surface area contributed by atoms with Crippen LogP contribution in [0, 0.1) is 10.5 Å². The van der Waals surface area contributed by atoms with Crippen molar-refractivity contribution in [3.8, 4) is 5.82 Å². The van der Waals surface area contributed by atoms with Crippen LogP contribution in [0.5, 0.6) is 0 Å². The number of nitrogens with zero attached hydrogens (tertiary/aromatic N) is 6. The maximum absolute atomic E-state index is 12.4. The number of nitrogens with two attached hydrogens (primary N) is 1. The van der Waals surface area contributed by atoms with Gasteiger partial charge in [0.05, 0.1) is 11.9 Å². The number of carbonyl (C=O) groups excluding carboxylic acids is 1. The van der Waals surface area contributed by atoms with Crippen LogP contribution < -0.4 is 11.2 Å². The molecule has 11 heteroatoms. The van der Waals surface area contributed by atoms with Crippen LogP contribution in [0.3, 0.4) is 0 Å². The van der Waals surface area contributed by atoms with Gasteiger partial charge in [-0.1, -0.05) is 23.4 Å². The minimum absolute atomic E-state index is 0.00343. The van der Waals surface area contributed by atoms with E-state index in [2.05, 4.69) is 58.4 Å². The Bertz CT molecular complexity index is 916. The van der Waals surface area contributed by atoms with E-state index in [1.54, 1.807) is 13.1 Å². The summed E-state index contributed by atoms with van der Waals surface area (Å²) in [6.45, 7) is 1.63. The SMILES string of the molecule is Cc1nnn(-c2nonc2N)c1C(=O)N/N=C\c1ccccc1I. The van der Waals surface area contributed by atoms with Gasteiger partial charge in [-0.3, -0.25) is 4.79 Å². The number of amides is 1. The highest BCUT2D eigenvalue weighted by atomic mass is 127. The van der Waals surface area contributed by atoms with Crippen molar-refractivity contribution in [3.63, 3.8) is 0 Å². The molecule has 3 N–H and O–H groups in total. The van der Waals surface area contributed by atoms with Crippen molar-refractivity contribution < 1.29 is 9.42 Å². The fourth-order valence-electron chi connectivity index (χ4n) is 1.90. The lowest BCUT2D eigenvalue weighted by atomic mass is 10.2. The zero-order chi connectivity index (χ0) is 17.1. The molecule has 0 saturated carbocycles. The van der Waals surface area contributed by atoms with Gasteiger partial charge in [0.15, 0.2) is 5.69 Å². The highest BCUT2D eigenvalue weighted by molar-refractivity contribution is 14.1. The third-order valence-corrected chi connectivity index (χ3v) is 4.01. The number of rotatable bonds is 4. The summed E-state index contributed by atoms with van der Waals surface area (Å²) in [6.07, 6.45) is 1.55. The van der Waals surface area contributed by atoms with E-state index in [9.17, 15) is 4.79 Å². The van der Waals surface area contributed by atoms with E-state index in [0.29, 0.717) is 5.69 Å². The van der Waals surface area contributed by atoms with Gasteiger partial charge < -0.3 is 5.73 Å². The van der Waals surface area contributed by atoms with E-state index in [4.69, 9.17) is 5.73 Å². The van der Waals surface area contributed by atoms with E-state index in [1.165, 1.54) is 0 Å². The molecule has 0 aliphatic rings. The molecule has 0 radical (unpaired) electrons. The third kappa shape index (κ3) is 3.10. The van der Waals surface area contributed by atoms with Crippen LogP contribution in [0.1, 0.15) is 21.7 Å². The zero-order valence-electron chi connectivity index (χ0n) is 12.3.